The van der Waals surface area contributed by atoms with Gasteiger partial charge in [-0.1, -0.05) is 54.6 Å². The van der Waals surface area contributed by atoms with Crippen molar-refractivity contribution >= 4 is 23.7 Å². The number of nitrogens with zero attached hydrogens (tertiary/aromatic N) is 2. The second kappa shape index (κ2) is 12.8. The average Bonchev–Trinajstić information content (AvgIpc) is 3.35. The van der Waals surface area contributed by atoms with Crippen molar-refractivity contribution in [3.63, 3.8) is 0 Å². The smallest absolute Gasteiger partial charge is 0.306 e. The standard InChI is InChI=1S/C32H41N3O7/c1-21(2)34-18-11-16-32-27(30(39)35(28(32)31(34)40)17-9-4-10-19-36)26-24(42-32)14-7-8-15-25(37)41-20-23(33-29(26)38)22-12-5-3-6-13-22/h3,5-7,11-14,16,21,23-24,26-28,36H,4,8-10,15,17-20H2,1-2H3,(H,33,38)/b14-7-/t23-,24+,26-,27-,28+,32-/m0/s1. The van der Waals surface area contributed by atoms with Crippen LogP contribution in [0.3, 0.4) is 0 Å². The van der Waals surface area contributed by atoms with Crippen LogP contribution in [0.15, 0.2) is 54.6 Å². The fourth-order valence-electron chi connectivity index (χ4n) is 6.73. The van der Waals surface area contributed by atoms with Crippen molar-refractivity contribution < 1.29 is 33.8 Å². The zero-order valence-electron chi connectivity index (χ0n) is 24.3. The van der Waals surface area contributed by atoms with Crippen LogP contribution in [0, 0.1) is 11.8 Å². The first kappa shape index (κ1) is 30.0. The SMILES string of the molecule is CC(C)N1CC=C[C@]23O[C@@H]4/C=C\CCC(=O)OC[C@@H](c5ccccc5)NC(=O)[C@@H]4[C@H]2C(=O)N(CCCCCO)[C@@H]3C1=O. The third-order valence-electron chi connectivity index (χ3n) is 8.78. The highest BCUT2D eigenvalue weighted by atomic mass is 16.5. The van der Waals surface area contributed by atoms with Crippen LogP contribution in [0.5, 0.6) is 0 Å². The maximum Gasteiger partial charge on any atom is 0.306 e. The van der Waals surface area contributed by atoms with Gasteiger partial charge >= 0.3 is 5.97 Å². The molecule has 0 saturated carbocycles. The number of likely N-dealkylation sites (tertiary alicyclic amines) is 1. The first-order chi connectivity index (χ1) is 20.3. The van der Waals surface area contributed by atoms with Crippen LogP contribution in [0.4, 0.5) is 0 Å². The molecule has 226 valence electrons. The molecule has 2 fully saturated rings. The molecule has 1 aromatic rings. The fraction of sp³-hybridized carbons (Fsp3) is 0.562. The van der Waals surface area contributed by atoms with E-state index in [0.29, 0.717) is 38.8 Å². The molecule has 0 aromatic heterocycles. The quantitative estimate of drug-likeness (QED) is 0.289. The zero-order valence-corrected chi connectivity index (χ0v) is 24.3. The Morgan fingerprint density at radius 1 is 1.05 bits per heavy atom. The van der Waals surface area contributed by atoms with Gasteiger partial charge in [0.2, 0.25) is 17.7 Å². The molecule has 4 aliphatic rings. The number of carbonyl (C=O) groups excluding carboxylic acids is 4. The molecule has 1 spiro atoms. The topological polar surface area (TPSA) is 125 Å². The first-order valence-electron chi connectivity index (χ1n) is 15.0. The number of aliphatic hydroxyl groups is 1. The van der Waals surface area contributed by atoms with Crippen LogP contribution in [0.1, 0.15) is 57.6 Å². The molecule has 4 aliphatic heterocycles. The Kier molecular flexibility index (Phi) is 9.13. The second-order valence-corrected chi connectivity index (χ2v) is 11.8. The molecule has 10 heteroatoms. The van der Waals surface area contributed by atoms with Gasteiger partial charge in [0.15, 0.2) is 0 Å². The summed E-state index contributed by atoms with van der Waals surface area (Å²) in [7, 11) is 0. The summed E-state index contributed by atoms with van der Waals surface area (Å²) in [5.74, 6) is -3.05. The molecule has 10 nitrogen and oxygen atoms in total. The molecule has 3 amide bonds. The molecule has 0 bridgehead atoms. The van der Waals surface area contributed by atoms with Crippen molar-refractivity contribution in [3.05, 3.63) is 60.2 Å². The molecule has 0 aliphatic carbocycles. The number of cyclic esters (lactones) is 1. The van der Waals surface area contributed by atoms with E-state index in [9.17, 15) is 24.3 Å². The number of nitrogens with one attached hydrogen (secondary N) is 1. The molecule has 2 N–H and O–H groups in total. The van der Waals surface area contributed by atoms with Gasteiger partial charge < -0.3 is 29.7 Å². The first-order valence-corrected chi connectivity index (χ1v) is 15.0. The van der Waals surface area contributed by atoms with E-state index in [0.717, 1.165) is 5.56 Å². The Labute approximate surface area is 246 Å². The lowest BCUT2D eigenvalue weighted by atomic mass is 9.77. The van der Waals surface area contributed by atoms with Gasteiger partial charge in [-0.15, -0.1) is 0 Å². The number of fused-ring (bicyclic) bond motifs is 2. The second-order valence-electron chi connectivity index (χ2n) is 11.8. The Bertz CT molecular complexity index is 1230. The van der Waals surface area contributed by atoms with Crippen LogP contribution in [0.2, 0.25) is 0 Å². The van der Waals surface area contributed by atoms with Crippen molar-refractivity contribution in [1.29, 1.82) is 0 Å². The van der Waals surface area contributed by atoms with Crippen LogP contribution >= 0.6 is 0 Å². The molecular weight excluding hydrogens is 538 g/mol. The lowest BCUT2D eigenvalue weighted by Gasteiger charge is -2.36. The molecule has 0 radical (unpaired) electrons. The molecule has 5 rings (SSSR count). The van der Waals surface area contributed by atoms with Gasteiger partial charge in [-0.2, -0.15) is 0 Å². The Hall–Kier alpha value is -3.50. The van der Waals surface area contributed by atoms with Crippen LogP contribution in [-0.4, -0.2) is 88.7 Å². The van der Waals surface area contributed by atoms with Gasteiger partial charge in [-0.25, -0.2) is 0 Å². The Morgan fingerprint density at radius 2 is 1.83 bits per heavy atom. The summed E-state index contributed by atoms with van der Waals surface area (Å²) in [5, 5.41) is 12.3. The van der Waals surface area contributed by atoms with Crippen molar-refractivity contribution in [2.45, 2.75) is 75.8 Å². The third kappa shape index (κ3) is 5.62. The summed E-state index contributed by atoms with van der Waals surface area (Å²) in [6.07, 6.45) is 8.97. The van der Waals surface area contributed by atoms with Gasteiger partial charge in [0.1, 0.15) is 18.2 Å². The van der Waals surface area contributed by atoms with E-state index in [4.69, 9.17) is 9.47 Å². The van der Waals surface area contributed by atoms with Gasteiger partial charge in [-0.3, -0.25) is 19.2 Å². The summed E-state index contributed by atoms with van der Waals surface area (Å²) in [4.78, 5) is 58.4. The number of carbonyl (C=O) groups is 4. The van der Waals surface area contributed by atoms with Crippen molar-refractivity contribution in [1.82, 2.24) is 15.1 Å². The number of amides is 3. The summed E-state index contributed by atoms with van der Waals surface area (Å²) in [6.45, 7) is 4.61. The molecule has 42 heavy (non-hydrogen) atoms. The van der Waals surface area contributed by atoms with E-state index in [1.807, 2.05) is 56.3 Å². The maximum absolute atomic E-state index is 14.3. The van der Waals surface area contributed by atoms with Gasteiger partial charge in [0.05, 0.1) is 24.0 Å². The zero-order chi connectivity index (χ0) is 29.9. The number of unbranched alkanes of at least 4 members (excludes halogenated alkanes) is 2. The minimum Gasteiger partial charge on any atom is -0.463 e. The largest absolute Gasteiger partial charge is 0.463 e. The van der Waals surface area contributed by atoms with Crippen molar-refractivity contribution in [3.8, 4) is 0 Å². The van der Waals surface area contributed by atoms with Gasteiger partial charge in [0.25, 0.3) is 0 Å². The number of ether oxygens (including phenoxy) is 2. The highest BCUT2D eigenvalue weighted by molar-refractivity contribution is 5.99. The normalized spacial score (nSPS) is 32.3. The number of benzene rings is 1. The molecule has 0 unspecified atom stereocenters. The van der Waals surface area contributed by atoms with Gasteiger partial charge in [-0.05, 0) is 45.1 Å². The molecule has 4 heterocycles. The number of hydrogen-bond acceptors (Lipinski definition) is 7. The van der Waals surface area contributed by atoms with Crippen molar-refractivity contribution in [2.75, 3.05) is 26.3 Å². The lowest BCUT2D eigenvalue weighted by Crippen LogP contribution is -2.56. The monoisotopic (exact) mass is 579 g/mol. The molecular formula is C32H41N3O7. The molecule has 6 atom stereocenters. The van der Waals surface area contributed by atoms with E-state index >= 15 is 0 Å². The predicted molar refractivity (Wildman–Crippen MR) is 154 cm³/mol. The van der Waals surface area contributed by atoms with Gasteiger partial charge in [0, 0.05) is 32.2 Å². The van der Waals surface area contributed by atoms with Crippen LogP contribution < -0.4 is 5.32 Å². The van der Waals surface area contributed by atoms with E-state index in [1.165, 1.54) is 0 Å². The number of allylic oxidation sites excluding steroid dienone is 1. The number of aliphatic hydroxyl groups excluding tert-OH is 1. The summed E-state index contributed by atoms with van der Waals surface area (Å²) < 4.78 is 12.2. The van der Waals surface area contributed by atoms with E-state index < -0.39 is 41.5 Å². The summed E-state index contributed by atoms with van der Waals surface area (Å²) >= 11 is 0. The van der Waals surface area contributed by atoms with Crippen molar-refractivity contribution in [2.24, 2.45) is 11.8 Å². The van der Waals surface area contributed by atoms with E-state index in [-0.39, 0.29) is 43.5 Å². The van der Waals surface area contributed by atoms with E-state index in [1.54, 1.807) is 22.0 Å². The fourth-order valence-corrected chi connectivity index (χ4v) is 6.73. The minimum absolute atomic E-state index is 0.0400. The summed E-state index contributed by atoms with van der Waals surface area (Å²) in [6, 6.07) is 7.65. The predicted octanol–water partition coefficient (Wildman–Crippen LogP) is 2.29. The van der Waals surface area contributed by atoms with Crippen LogP contribution in [0.25, 0.3) is 0 Å². The summed E-state index contributed by atoms with van der Waals surface area (Å²) in [5.41, 5.74) is -0.546. The number of rotatable bonds is 7. The Morgan fingerprint density at radius 3 is 2.57 bits per heavy atom. The highest BCUT2D eigenvalue weighted by Gasteiger charge is 2.71. The maximum atomic E-state index is 14.3. The Balaban J connectivity index is 1.55. The number of esters is 1. The van der Waals surface area contributed by atoms with Crippen LogP contribution in [-0.2, 0) is 28.7 Å². The highest BCUT2D eigenvalue weighted by Crippen LogP contribution is 2.53. The molecule has 2 saturated heterocycles. The minimum atomic E-state index is -1.32. The third-order valence-corrected chi connectivity index (χ3v) is 8.78. The number of hydrogen-bond donors (Lipinski definition) is 2. The average molecular weight is 580 g/mol. The molecule has 1 aromatic carbocycles. The lowest BCUT2D eigenvalue weighted by molar-refractivity contribution is -0.149. The van der Waals surface area contributed by atoms with E-state index in [2.05, 4.69) is 5.32 Å².